The number of hydrogen-bond donors (Lipinski definition) is 1. The second kappa shape index (κ2) is 10.2. The third-order valence-electron chi connectivity index (χ3n) is 7.41. The molecule has 0 spiro atoms. The van der Waals surface area contributed by atoms with Crippen LogP contribution in [0, 0.1) is 11.7 Å². The fraction of sp³-hybridized carbons (Fsp3) is 0.708. The van der Waals surface area contributed by atoms with Gasteiger partial charge in [-0.25, -0.2) is 8.78 Å². The van der Waals surface area contributed by atoms with Gasteiger partial charge in [0, 0.05) is 39.1 Å². The molecule has 1 amide bonds. The first-order chi connectivity index (χ1) is 16.1. The van der Waals surface area contributed by atoms with Gasteiger partial charge in [-0.3, -0.25) is 4.79 Å². The molecule has 1 aromatic rings. The Morgan fingerprint density at radius 3 is 2.53 bits per heavy atom. The van der Waals surface area contributed by atoms with E-state index >= 15 is 0 Å². The van der Waals surface area contributed by atoms with E-state index in [0.717, 1.165) is 35.6 Å². The average molecular weight is 500 g/mol. The minimum atomic E-state index is -3.65. The number of amides is 1. The molecule has 10 heteroatoms. The van der Waals surface area contributed by atoms with Crippen molar-refractivity contribution in [1.29, 1.82) is 0 Å². The van der Waals surface area contributed by atoms with Crippen LogP contribution in [0.1, 0.15) is 56.4 Å². The lowest BCUT2D eigenvalue weighted by molar-refractivity contribution is -0.141. The lowest BCUT2D eigenvalue weighted by Gasteiger charge is -2.40. The summed E-state index contributed by atoms with van der Waals surface area (Å²) in [5.41, 5.74) is -0.727. The van der Waals surface area contributed by atoms with Crippen LogP contribution in [0.2, 0.25) is 0 Å². The molecule has 0 radical (unpaired) electrons. The van der Waals surface area contributed by atoms with Crippen molar-refractivity contribution in [1.82, 2.24) is 13.9 Å². The fourth-order valence-corrected chi connectivity index (χ4v) is 5.93. The van der Waals surface area contributed by atoms with Crippen LogP contribution in [0.15, 0.2) is 24.3 Å². The molecule has 1 aliphatic heterocycles. The molecule has 190 valence electrons. The molecule has 2 aliphatic carbocycles. The number of halogens is 2. The number of alkyl halides is 1. The Hall–Kier alpha value is -1.62. The van der Waals surface area contributed by atoms with Crippen LogP contribution in [-0.4, -0.2) is 75.1 Å². The van der Waals surface area contributed by atoms with E-state index in [9.17, 15) is 22.0 Å². The molecule has 7 nitrogen and oxygen atoms in total. The number of likely N-dealkylation sites (tertiary alicyclic amines) is 1. The number of rotatable bonds is 8. The first-order valence-corrected chi connectivity index (χ1v) is 13.6. The topological polar surface area (TPSA) is 79.0 Å². The monoisotopic (exact) mass is 499 g/mol. The van der Waals surface area contributed by atoms with Gasteiger partial charge in [-0.15, -0.1) is 0 Å². The third kappa shape index (κ3) is 5.95. The summed E-state index contributed by atoms with van der Waals surface area (Å²) in [5.74, 6) is -0.672. The smallest absolute Gasteiger partial charge is 0.279 e. The van der Waals surface area contributed by atoms with E-state index in [2.05, 4.69) is 4.72 Å². The van der Waals surface area contributed by atoms with Gasteiger partial charge in [0.05, 0.1) is 12.7 Å². The van der Waals surface area contributed by atoms with Crippen LogP contribution in [0.5, 0.6) is 0 Å². The van der Waals surface area contributed by atoms with Gasteiger partial charge in [0.25, 0.3) is 16.1 Å². The number of benzene rings is 1. The summed E-state index contributed by atoms with van der Waals surface area (Å²) < 4.78 is 62.9. The standard InChI is InChI=1S/C24H35F2N3O4S/c1-28(2)34(31,32)27-22-10-13-29(23(30)24(26)11-12-24)15-19(22)16-33-21-8-6-17(7-9-21)18-4-3-5-20(25)14-18/h3-5,14,17,19,21-22,27H,6-13,15-16H2,1-2H3/t17?,19-,21?,22-/m0/s1. The van der Waals surface area contributed by atoms with Crippen molar-refractivity contribution in [3.05, 3.63) is 35.6 Å². The SMILES string of the molecule is CN(C)S(=O)(=O)N[C@H]1CCN(C(=O)C2(F)CC2)C[C@H]1COC1CCC(c2cccc(F)c2)CC1. The maximum atomic E-state index is 14.4. The molecule has 0 unspecified atom stereocenters. The fourth-order valence-electron chi connectivity index (χ4n) is 5.03. The van der Waals surface area contributed by atoms with E-state index in [-0.39, 0.29) is 37.2 Å². The highest BCUT2D eigenvalue weighted by atomic mass is 32.2. The van der Waals surface area contributed by atoms with Gasteiger partial charge in [0.1, 0.15) is 5.82 Å². The van der Waals surface area contributed by atoms with Gasteiger partial charge >= 0.3 is 0 Å². The normalized spacial score (nSPS) is 29.3. The highest BCUT2D eigenvalue weighted by molar-refractivity contribution is 7.87. The molecule has 1 aromatic carbocycles. The zero-order chi connectivity index (χ0) is 24.5. The summed E-state index contributed by atoms with van der Waals surface area (Å²) in [4.78, 5) is 14.1. The number of ether oxygens (including phenoxy) is 1. The van der Waals surface area contributed by atoms with E-state index in [4.69, 9.17) is 4.74 Å². The number of piperidine rings is 1. The van der Waals surface area contributed by atoms with E-state index < -0.39 is 27.8 Å². The van der Waals surface area contributed by atoms with Gasteiger partial charge in [0.15, 0.2) is 5.67 Å². The Labute approximate surface area is 201 Å². The summed E-state index contributed by atoms with van der Waals surface area (Å²) in [5, 5.41) is 0. The highest BCUT2D eigenvalue weighted by Gasteiger charge is 2.53. The minimum absolute atomic E-state index is 0.0259. The quantitative estimate of drug-likeness (QED) is 0.597. The van der Waals surface area contributed by atoms with Crippen LogP contribution in [0.25, 0.3) is 0 Å². The van der Waals surface area contributed by atoms with Crippen molar-refractivity contribution in [2.24, 2.45) is 5.92 Å². The minimum Gasteiger partial charge on any atom is -0.378 e. The molecule has 3 aliphatic rings. The summed E-state index contributed by atoms with van der Waals surface area (Å²) in [6.07, 6.45) is 4.40. The highest BCUT2D eigenvalue weighted by Crippen LogP contribution is 2.42. The van der Waals surface area contributed by atoms with Gasteiger partial charge in [0.2, 0.25) is 0 Å². The Morgan fingerprint density at radius 2 is 1.91 bits per heavy atom. The molecule has 3 fully saturated rings. The van der Waals surface area contributed by atoms with Crippen molar-refractivity contribution in [2.75, 3.05) is 33.8 Å². The first-order valence-electron chi connectivity index (χ1n) is 12.1. The Bertz CT molecular complexity index is 978. The Morgan fingerprint density at radius 1 is 1.21 bits per heavy atom. The summed E-state index contributed by atoms with van der Waals surface area (Å²) in [6.45, 7) is 0.878. The van der Waals surface area contributed by atoms with Crippen LogP contribution in [0.4, 0.5) is 8.78 Å². The van der Waals surface area contributed by atoms with Crippen molar-refractivity contribution < 1.29 is 26.7 Å². The zero-order valence-corrected chi connectivity index (χ0v) is 20.7. The number of carbonyl (C=O) groups is 1. The lowest BCUT2D eigenvalue weighted by Crippen LogP contribution is -2.56. The van der Waals surface area contributed by atoms with Crippen molar-refractivity contribution in [2.45, 2.75) is 68.7 Å². The Kier molecular flexibility index (Phi) is 7.61. The van der Waals surface area contributed by atoms with Crippen LogP contribution in [0.3, 0.4) is 0 Å². The van der Waals surface area contributed by atoms with E-state index in [1.54, 1.807) is 12.1 Å². The number of nitrogens with one attached hydrogen (secondary N) is 1. The largest absolute Gasteiger partial charge is 0.378 e. The van der Waals surface area contributed by atoms with Crippen LogP contribution < -0.4 is 4.72 Å². The molecule has 1 saturated heterocycles. The first kappa shape index (κ1) is 25.5. The van der Waals surface area contributed by atoms with Crippen LogP contribution in [-0.2, 0) is 19.7 Å². The molecular weight excluding hydrogens is 464 g/mol. The molecule has 2 saturated carbocycles. The van der Waals surface area contributed by atoms with Gasteiger partial charge in [-0.2, -0.15) is 17.4 Å². The number of hydrogen-bond acceptors (Lipinski definition) is 4. The summed E-state index contributed by atoms with van der Waals surface area (Å²) >= 11 is 0. The predicted molar refractivity (Wildman–Crippen MR) is 125 cm³/mol. The number of nitrogens with zero attached hydrogens (tertiary/aromatic N) is 2. The number of carbonyl (C=O) groups excluding carboxylic acids is 1. The molecular formula is C24H35F2N3O4S. The van der Waals surface area contributed by atoms with Crippen molar-refractivity contribution in [3.63, 3.8) is 0 Å². The predicted octanol–water partition coefficient (Wildman–Crippen LogP) is 2.98. The van der Waals surface area contributed by atoms with E-state index in [0.29, 0.717) is 25.5 Å². The zero-order valence-electron chi connectivity index (χ0n) is 19.9. The maximum absolute atomic E-state index is 14.4. The van der Waals surface area contributed by atoms with Gasteiger partial charge in [-0.1, -0.05) is 12.1 Å². The lowest BCUT2D eigenvalue weighted by atomic mass is 9.82. The second-order valence-electron chi connectivity index (χ2n) is 10.1. The van der Waals surface area contributed by atoms with Gasteiger partial charge in [-0.05, 0) is 68.6 Å². The van der Waals surface area contributed by atoms with E-state index in [1.165, 1.54) is 25.1 Å². The van der Waals surface area contributed by atoms with E-state index in [1.807, 2.05) is 6.07 Å². The molecule has 0 bridgehead atoms. The van der Waals surface area contributed by atoms with Crippen molar-refractivity contribution in [3.8, 4) is 0 Å². The van der Waals surface area contributed by atoms with Crippen molar-refractivity contribution >= 4 is 16.1 Å². The average Bonchev–Trinajstić information content (AvgIpc) is 3.56. The molecule has 34 heavy (non-hydrogen) atoms. The molecule has 1 N–H and O–H groups in total. The Balaban J connectivity index is 1.35. The molecule has 0 aromatic heterocycles. The van der Waals surface area contributed by atoms with Gasteiger partial charge < -0.3 is 9.64 Å². The second-order valence-corrected chi connectivity index (χ2v) is 12.1. The third-order valence-corrected chi connectivity index (χ3v) is 8.98. The summed E-state index contributed by atoms with van der Waals surface area (Å²) in [6, 6.07) is 6.35. The molecule has 1 heterocycles. The summed E-state index contributed by atoms with van der Waals surface area (Å²) in [7, 11) is -0.726. The van der Waals surface area contributed by atoms with Crippen LogP contribution >= 0.6 is 0 Å². The molecule has 4 rings (SSSR count). The molecule has 2 atom stereocenters. The maximum Gasteiger partial charge on any atom is 0.279 e.